The number of carbonyl (C=O) groups excluding carboxylic acids is 1. The number of benzene rings is 1. The Morgan fingerprint density at radius 1 is 1.31 bits per heavy atom. The molecule has 0 aromatic heterocycles. The van der Waals surface area contributed by atoms with E-state index in [1.54, 1.807) is 19.9 Å². The molecule has 4 atom stereocenters. The summed E-state index contributed by atoms with van der Waals surface area (Å²) in [6.45, 7) is 7.32. The summed E-state index contributed by atoms with van der Waals surface area (Å²) in [5.41, 5.74) is 1.47. The van der Waals surface area contributed by atoms with Crippen LogP contribution in [0, 0.1) is 5.82 Å². The number of carbonyl (C=O) groups is 1. The molecule has 0 radical (unpaired) electrons. The van der Waals surface area contributed by atoms with Gasteiger partial charge in [0.15, 0.2) is 17.9 Å². The van der Waals surface area contributed by atoms with Crippen molar-refractivity contribution in [1.82, 2.24) is 0 Å². The van der Waals surface area contributed by atoms with Crippen molar-refractivity contribution >= 4 is 5.78 Å². The fourth-order valence-electron chi connectivity index (χ4n) is 3.55. The van der Waals surface area contributed by atoms with Crippen LogP contribution in [0.4, 0.5) is 4.39 Å². The van der Waals surface area contributed by atoms with E-state index in [2.05, 4.69) is 6.92 Å². The Morgan fingerprint density at radius 3 is 2.77 bits per heavy atom. The van der Waals surface area contributed by atoms with E-state index in [1.807, 2.05) is 6.07 Å². The Labute approximate surface area is 153 Å². The summed E-state index contributed by atoms with van der Waals surface area (Å²) in [7, 11) is 0. The summed E-state index contributed by atoms with van der Waals surface area (Å²) < 4.78 is 37.5. The van der Waals surface area contributed by atoms with E-state index >= 15 is 0 Å². The molecule has 0 unspecified atom stereocenters. The Kier molecular flexibility index (Phi) is 5.77. The average molecular weight is 366 g/mol. The van der Waals surface area contributed by atoms with E-state index in [9.17, 15) is 9.18 Å². The minimum absolute atomic E-state index is 0.139. The van der Waals surface area contributed by atoms with Crippen LogP contribution < -0.4 is 0 Å². The number of fused-ring (bicyclic) bond motifs is 1. The van der Waals surface area contributed by atoms with Crippen molar-refractivity contribution in [3.8, 4) is 0 Å². The quantitative estimate of drug-likeness (QED) is 0.739. The summed E-state index contributed by atoms with van der Waals surface area (Å²) in [6.07, 6.45) is 0.129. The number of Topliss-reactive ketones (excluding diaryl/α,β-unsaturated/α-hetero) is 1. The van der Waals surface area contributed by atoms with Crippen molar-refractivity contribution in [3.05, 3.63) is 35.1 Å². The molecule has 2 fully saturated rings. The first kappa shape index (κ1) is 19.4. The number of hydrogen-bond donors (Lipinski definition) is 0. The van der Waals surface area contributed by atoms with Crippen LogP contribution in [0.25, 0.3) is 0 Å². The highest BCUT2D eigenvalue weighted by atomic mass is 19.1. The molecule has 5 nitrogen and oxygen atoms in total. The third-order valence-corrected chi connectivity index (χ3v) is 4.82. The van der Waals surface area contributed by atoms with E-state index < -0.39 is 30.4 Å². The summed E-state index contributed by atoms with van der Waals surface area (Å²) in [4.78, 5) is 11.9. The summed E-state index contributed by atoms with van der Waals surface area (Å²) >= 11 is 0. The number of unbranched alkanes of at least 4 members (excludes halogenated alkanes) is 1. The van der Waals surface area contributed by atoms with Crippen LogP contribution >= 0.6 is 0 Å². The molecule has 1 aromatic carbocycles. The van der Waals surface area contributed by atoms with Gasteiger partial charge in [0.05, 0.1) is 6.61 Å². The van der Waals surface area contributed by atoms with Crippen molar-refractivity contribution < 1.29 is 28.1 Å². The summed E-state index contributed by atoms with van der Waals surface area (Å²) in [5, 5.41) is 0. The lowest BCUT2D eigenvalue weighted by Gasteiger charge is -2.25. The van der Waals surface area contributed by atoms with E-state index in [4.69, 9.17) is 18.9 Å². The van der Waals surface area contributed by atoms with Crippen molar-refractivity contribution in [2.75, 3.05) is 0 Å². The van der Waals surface area contributed by atoms with Gasteiger partial charge in [-0.15, -0.1) is 0 Å². The van der Waals surface area contributed by atoms with E-state index in [0.29, 0.717) is 12.0 Å². The monoisotopic (exact) mass is 366 g/mol. The fraction of sp³-hybridized carbons (Fsp3) is 0.650. The molecule has 0 bridgehead atoms. The molecule has 0 amide bonds. The SMILES string of the molecule is CCCCc1c(F)cccc1CO[C@@H]1[C@H]2OC(C)(C)O[C@H]2O[C@@H]1C(C)=O. The third kappa shape index (κ3) is 3.98. The Bertz CT molecular complexity index is 660. The minimum atomic E-state index is -0.788. The Hall–Kier alpha value is -1.34. The van der Waals surface area contributed by atoms with Crippen molar-refractivity contribution in [2.24, 2.45) is 0 Å². The van der Waals surface area contributed by atoms with Gasteiger partial charge >= 0.3 is 0 Å². The third-order valence-electron chi connectivity index (χ3n) is 4.82. The largest absolute Gasteiger partial charge is 0.367 e. The second kappa shape index (κ2) is 7.72. The van der Waals surface area contributed by atoms with Crippen LogP contribution in [0.15, 0.2) is 18.2 Å². The molecule has 1 aromatic rings. The average Bonchev–Trinajstić information content (AvgIpc) is 3.04. The van der Waals surface area contributed by atoms with Gasteiger partial charge < -0.3 is 18.9 Å². The molecule has 0 saturated carbocycles. The van der Waals surface area contributed by atoms with Crippen molar-refractivity contribution in [1.29, 1.82) is 0 Å². The Morgan fingerprint density at radius 2 is 2.08 bits per heavy atom. The molecule has 2 aliphatic heterocycles. The van der Waals surface area contributed by atoms with Crippen LogP contribution in [0.2, 0.25) is 0 Å². The molecule has 2 saturated heterocycles. The molecular weight excluding hydrogens is 339 g/mol. The van der Waals surface area contributed by atoms with Crippen molar-refractivity contribution in [3.63, 3.8) is 0 Å². The second-order valence-electron chi connectivity index (χ2n) is 7.39. The zero-order valence-electron chi connectivity index (χ0n) is 15.8. The summed E-state index contributed by atoms with van der Waals surface area (Å²) in [6, 6.07) is 5.01. The first-order chi connectivity index (χ1) is 12.3. The van der Waals surface area contributed by atoms with Gasteiger partial charge in [-0.25, -0.2) is 4.39 Å². The maximum atomic E-state index is 14.2. The molecule has 144 valence electrons. The predicted octanol–water partition coefficient (Wildman–Crippen LogP) is 3.52. The number of hydrogen-bond acceptors (Lipinski definition) is 5. The maximum Gasteiger partial charge on any atom is 0.190 e. The van der Waals surface area contributed by atoms with Crippen LogP contribution in [0.1, 0.15) is 51.7 Å². The predicted molar refractivity (Wildman–Crippen MR) is 93.0 cm³/mol. The first-order valence-corrected chi connectivity index (χ1v) is 9.22. The zero-order chi connectivity index (χ0) is 18.9. The molecule has 0 aliphatic carbocycles. The van der Waals surface area contributed by atoms with Crippen molar-refractivity contribution in [2.45, 2.75) is 84.0 Å². The van der Waals surface area contributed by atoms with Crippen LogP contribution in [-0.2, 0) is 36.8 Å². The number of ether oxygens (including phenoxy) is 4. The highest BCUT2D eigenvalue weighted by Crippen LogP contribution is 2.39. The van der Waals surface area contributed by atoms with Gasteiger partial charge in [0, 0.05) is 0 Å². The molecule has 2 aliphatic rings. The lowest BCUT2D eigenvalue weighted by Crippen LogP contribution is -2.39. The zero-order valence-corrected chi connectivity index (χ0v) is 15.8. The van der Waals surface area contributed by atoms with Gasteiger partial charge in [-0.2, -0.15) is 0 Å². The van der Waals surface area contributed by atoms with E-state index in [1.165, 1.54) is 13.0 Å². The molecule has 26 heavy (non-hydrogen) atoms. The van der Waals surface area contributed by atoms with Crippen LogP contribution in [-0.4, -0.2) is 36.2 Å². The van der Waals surface area contributed by atoms with Gasteiger partial charge in [-0.3, -0.25) is 4.79 Å². The molecule has 3 rings (SSSR count). The highest BCUT2D eigenvalue weighted by molar-refractivity contribution is 5.81. The number of rotatable bonds is 7. The van der Waals surface area contributed by atoms with E-state index in [-0.39, 0.29) is 18.2 Å². The van der Waals surface area contributed by atoms with Gasteiger partial charge in [0.1, 0.15) is 24.1 Å². The van der Waals surface area contributed by atoms with Gasteiger partial charge in [-0.05, 0) is 50.8 Å². The topological polar surface area (TPSA) is 54.0 Å². The fourth-order valence-corrected chi connectivity index (χ4v) is 3.55. The Balaban J connectivity index is 1.75. The molecule has 6 heteroatoms. The molecule has 2 heterocycles. The molecule has 0 N–H and O–H groups in total. The van der Waals surface area contributed by atoms with Crippen LogP contribution in [0.5, 0.6) is 0 Å². The number of ketones is 1. The number of halogens is 1. The lowest BCUT2D eigenvalue weighted by atomic mass is 10.0. The highest BCUT2D eigenvalue weighted by Gasteiger charge is 2.56. The van der Waals surface area contributed by atoms with E-state index in [0.717, 1.165) is 18.4 Å². The molecular formula is C20H27FO5. The molecule has 0 spiro atoms. The smallest absolute Gasteiger partial charge is 0.190 e. The maximum absolute atomic E-state index is 14.2. The van der Waals surface area contributed by atoms with Gasteiger partial charge in [0.2, 0.25) is 0 Å². The standard InChI is InChI=1S/C20H27FO5/c1-5-6-9-14-13(8-7-10-15(14)21)11-23-17-16(12(2)22)24-19-18(17)25-20(3,4)26-19/h7-8,10,16-19H,5-6,9,11H2,1-4H3/t16-,17+,18-,19-/m1/s1. The first-order valence-electron chi connectivity index (χ1n) is 9.22. The second-order valence-corrected chi connectivity index (χ2v) is 7.39. The minimum Gasteiger partial charge on any atom is -0.367 e. The van der Waals surface area contributed by atoms with Gasteiger partial charge in [0.25, 0.3) is 0 Å². The van der Waals surface area contributed by atoms with Crippen LogP contribution in [0.3, 0.4) is 0 Å². The normalized spacial score (nSPS) is 29.7. The lowest BCUT2D eigenvalue weighted by molar-refractivity contribution is -0.218. The van der Waals surface area contributed by atoms with Gasteiger partial charge in [-0.1, -0.05) is 25.5 Å². The summed E-state index contributed by atoms with van der Waals surface area (Å²) in [5.74, 6) is -1.14.